The highest BCUT2D eigenvalue weighted by Crippen LogP contribution is 2.50. The summed E-state index contributed by atoms with van der Waals surface area (Å²) in [7, 11) is -3.90. The predicted octanol–water partition coefficient (Wildman–Crippen LogP) is 5.83. The second-order valence-electron chi connectivity index (χ2n) is 15.7. The van der Waals surface area contributed by atoms with Crippen molar-refractivity contribution in [3.8, 4) is 11.1 Å². The zero-order valence-electron chi connectivity index (χ0n) is 30.6. The highest BCUT2D eigenvalue weighted by Gasteiger charge is 2.62. The molecule has 11 nitrogen and oxygen atoms in total. The number of carbonyl (C=O) groups is 4. The largest absolute Gasteiger partial charge is 0.465 e. The van der Waals surface area contributed by atoms with Gasteiger partial charge in [0.05, 0.1) is 10.00 Å². The lowest BCUT2D eigenvalue weighted by atomic mass is 9.93. The molecule has 2 heterocycles. The molecule has 284 valence electrons. The van der Waals surface area contributed by atoms with Crippen molar-refractivity contribution in [2.75, 3.05) is 12.3 Å². The SMILES string of the molecule is C=C[C@@H]1C[C@]1(NC(=O)[C@@H]1C[C@@]2(c3ccc(-c4ccccc4)cc3)CN1C(=O)[C@@H](N(C(=O)O)C(C)(C)C)CCCC/C=C\CS2)C(=O)NS(=O)(=O)C1CC1. The van der Waals surface area contributed by atoms with Crippen molar-refractivity contribution < 1.29 is 32.7 Å². The van der Waals surface area contributed by atoms with Gasteiger partial charge < -0.3 is 15.3 Å². The molecule has 5 atom stereocenters. The molecule has 3 N–H and O–H groups in total. The van der Waals surface area contributed by atoms with E-state index >= 15 is 0 Å². The topological polar surface area (TPSA) is 153 Å². The highest BCUT2D eigenvalue weighted by atomic mass is 32.2. The van der Waals surface area contributed by atoms with E-state index in [0.717, 1.165) is 29.5 Å². The normalized spacial score (nSPS) is 28.4. The standard InChI is InChI=1S/C40H50N4O7S2/c1-5-29-24-40(29,36(47)42-53(50,51)31-21-22-31)41-34(45)33-25-39(30-19-17-28(18-20-30)27-14-10-9-11-15-27)26-43(33)35(46)32(44(37(48)49)38(2,3)4)16-12-7-6-8-13-23-52-39/h5,8-11,13-15,17-20,29,31-33H,1,6-7,12,16,21-26H2,2-4H3,(H,41,45)(H,42,47)(H,48,49)/b13-8-/t29-,32+,33+,39+,40-/m1/s1. The average Bonchev–Trinajstić information content (AvgIpc) is 4.05. The number of hydrogen-bond acceptors (Lipinski definition) is 7. The van der Waals surface area contributed by atoms with Gasteiger partial charge in [-0.2, -0.15) is 0 Å². The van der Waals surface area contributed by atoms with Crippen molar-refractivity contribution in [2.45, 2.75) is 105 Å². The number of hydrogen-bond donors (Lipinski definition) is 3. The van der Waals surface area contributed by atoms with Gasteiger partial charge in [-0.3, -0.25) is 24.0 Å². The number of amides is 4. The molecule has 2 aromatic carbocycles. The van der Waals surface area contributed by atoms with Gasteiger partial charge in [-0.15, -0.1) is 18.3 Å². The monoisotopic (exact) mass is 762 g/mol. The van der Waals surface area contributed by atoms with Crippen molar-refractivity contribution >= 4 is 45.6 Å². The first kappa shape index (κ1) is 38.6. The van der Waals surface area contributed by atoms with E-state index in [1.807, 2.05) is 54.6 Å². The smallest absolute Gasteiger partial charge is 0.408 e. The summed E-state index contributed by atoms with van der Waals surface area (Å²) in [6.07, 6.45) is 8.27. The van der Waals surface area contributed by atoms with Gasteiger partial charge in [-0.05, 0) is 82.4 Å². The van der Waals surface area contributed by atoms with E-state index in [9.17, 15) is 32.7 Å². The summed E-state index contributed by atoms with van der Waals surface area (Å²) in [4.78, 5) is 58.8. The lowest BCUT2D eigenvalue weighted by Crippen LogP contribution is -2.60. The van der Waals surface area contributed by atoms with Crippen LogP contribution in [0.25, 0.3) is 11.1 Å². The van der Waals surface area contributed by atoms with Gasteiger partial charge in [0.2, 0.25) is 21.8 Å². The number of nitrogens with one attached hydrogen (secondary N) is 2. The zero-order chi connectivity index (χ0) is 38.2. The van der Waals surface area contributed by atoms with E-state index in [4.69, 9.17) is 0 Å². The maximum atomic E-state index is 15.0. The Morgan fingerprint density at radius 3 is 2.26 bits per heavy atom. The Kier molecular flexibility index (Phi) is 10.9. The first-order valence-corrected chi connectivity index (χ1v) is 20.9. The Morgan fingerprint density at radius 2 is 1.66 bits per heavy atom. The Balaban J connectivity index is 1.41. The van der Waals surface area contributed by atoms with E-state index in [1.165, 1.54) is 15.9 Å². The Bertz CT molecular complexity index is 1870. The van der Waals surface area contributed by atoms with Crippen LogP contribution in [-0.2, 0) is 29.2 Å². The number of rotatable bonds is 9. The molecule has 2 bridgehead atoms. The van der Waals surface area contributed by atoms with Gasteiger partial charge >= 0.3 is 6.09 Å². The average molecular weight is 763 g/mol. The third-order valence-electron chi connectivity index (χ3n) is 10.9. The summed E-state index contributed by atoms with van der Waals surface area (Å²) < 4.78 is 27.0. The van der Waals surface area contributed by atoms with E-state index in [-0.39, 0.29) is 25.8 Å². The van der Waals surface area contributed by atoms with Crippen LogP contribution in [0.2, 0.25) is 0 Å². The number of thioether (sulfide) groups is 1. The lowest BCUT2D eigenvalue weighted by molar-refractivity contribution is -0.144. The fraction of sp³-hybridized carbons (Fsp3) is 0.500. The summed E-state index contributed by atoms with van der Waals surface area (Å²) in [6, 6.07) is 16.0. The van der Waals surface area contributed by atoms with Crippen molar-refractivity contribution in [2.24, 2.45) is 5.92 Å². The maximum absolute atomic E-state index is 15.0. The molecule has 13 heteroatoms. The van der Waals surface area contributed by atoms with Gasteiger partial charge in [0.25, 0.3) is 5.91 Å². The summed E-state index contributed by atoms with van der Waals surface area (Å²) in [5, 5.41) is 12.7. The van der Waals surface area contributed by atoms with Crippen LogP contribution in [0.15, 0.2) is 79.4 Å². The molecule has 0 radical (unpaired) electrons. The summed E-state index contributed by atoms with van der Waals surface area (Å²) in [6.45, 7) is 9.20. The molecule has 53 heavy (non-hydrogen) atoms. The molecule has 2 aliphatic carbocycles. The van der Waals surface area contributed by atoms with Crippen LogP contribution in [-0.4, -0.2) is 87.8 Å². The number of allylic oxidation sites excluding steroid dienone is 1. The van der Waals surface area contributed by atoms with Gasteiger partial charge in [0, 0.05) is 23.8 Å². The van der Waals surface area contributed by atoms with Crippen LogP contribution in [0.4, 0.5) is 4.79 Å². The van der Waals surface area contributed by atoms with Crippen LogP contribution in [0.5, 0.6) is 0 Å². The zero-order valence-corrected chi connectivity index (χ0v) is 32.3. The fourth-order valence-corrected chi connectivity index (χ4v) is 10.5. The third-order valence-corrected chi connectivity index (χ3v) is 14.2. The highest BCUT2D eigenvalue weighted by molar-refractivity contribution is 8.00. The van der Waals surface area contributed by atoms with Crippen molar-refractivity contribution in [1.82, 2.24) is 19.8 Å². The molecule has 1 saturated heterocycles. The van der Waals surface area contributed by atoms with Gasteiger partial charge in [0.15, 0.2) is 0 Å². The van der Waals surface area contributed by atoms with Gasteiger partial charge in [0.1, 0.15) is 17.6 Å². The van der Waals surface area contributed by atoms with Crippen molar-refractivity contribution in [3.05, 3.63) is 85.0 Å². The van der Waals surface area contributed by atoms with Crippen LogP contribution in [0.1, 0.15) is 77.7 Å². The molecule has 4 amide bonds. The minimum atomic E-state index is -3.90. The summed E-state index contributed by atoms with van der Waals surface area (Å²) in [5.74, 6) is -1.76. The van der Waals surface area contributed by atoms with Gasteiger partial charge in [-0.1, -0.05) is 79.2 Å². The quantitative estimate of drug-likeness (QED) is 0.270. The first-order valence-electron chi connectivity index (χ1n) is 18.4. The minimum absolute atomic E-state index is 0.126. The molecular formula is C40H50N4O7S2. The Labute approximate surface area is 316 Å². The van der Waals surface area contributed by atoms with E-state index < -0.39 is 72.9 Å². The number of benzene rings is 2. The van der Waals surface area contributed by atoms with E-state index in [2.05, 4.69) is 28.8 Å². The van der Waals surface area contributed by atoms with Gasteiger partial charge in [-0.25, -0.2) is 13.2 Å². The molecule has 2 saturated carbocycles. The number of carboxylic acid groups (broad SMARTS) is 1. The molecular weight excluding hydrogens is 713 g/mol. The predicted molar refractivity (Wildman–Crippen MR) is 206 cm³/mol. The molecule has 6 rings (SSSR count). The Morgan fingerprint density at radius 1 is 0.981 bits per heavy atom. The number of carbonyl (C=O) groups excluding carboxylic acids is 3. The van der Waals surface area contributed by atoms with Crippen LogP contribution in [0, 0.1) is 5.92 Å². The number of fused-ring (bicyclic) bond motifs is 2. The molecule has 0 spiro atoms. The summed E-state index contributed by atoms with van der Waals surface area (Å²) in [5.41, 5.74) is 0.527. The lowest BCUT2D eigenvalue weighted by Gasteiger charge is -2.41. The summed E-state index contributed by atoms with van der Waals surface area (Å²) >= 11 is 1.63. The van der Waals surface area contributed by atoms with Crippen LogP contribution >= 0.6 is 11.8 Å². The third kappa shape index (κ3) is 8.06. The number of nitrogens with zero attached hydrogens (tertiary/aromatic N) is 2. The molecule has 0 unspecified atom stereocenters. The molecule has 2 aromatic rings. The van der Waals surface area contributed by atoms with E-state index in [1.54, 1.807) is 32.5 Å². The number of sulfonamides is 1. The van der Waals surface area contributed by atoms with Crippen molar-refractivity contribution in [1.29, 1.82) is 0 Å². The molecule has 2 aliphatic heterocycles. The van der Waals surface area contributed by atoms with E-state index in [0.29, 0.717) is 25.0 Å². The van der Waals surface area contributed by atoms with Crippen LogP contribution < -0.4 is 10.0 Å². The fourth-order valence-electron chi connectivity index (χ4n) is 7.79. The first-order chi connectivity index (χ1) is 25.1. The van der Waals surface area contributed by atoms with Crippen LogP contribution in [0.3, 0.4) is 0 Å². The Hall–Kier alpha value is -4.10. The molecule has 4 aliphatic rings. The minimum Gasteiger partial charge on any atom is -0.465 e. The second kappa shape index (κ2) is 15.0. The maximum Gasteiger partial charge on any atom is 0.408 e. The van der Waals surface area contributed by atoms with Crippen molar-refractivity contribution in [3.63, 3.8) is 0 Å². The second-order valence-corrected chi connectivity index (χ2v) is 19.1. The molecule has 3 fully saturated rings. The molecule has 0 aromatic heterocycles.